The number of likely N-dealkylation sites (tertiary alicyclic amines) is 1. The number of carbonyl (C=O) groups excluding carboxylic acids is 1. The maximum atomic E-state index is 12.9. The molecule has 1 fully saturated rings. The molecule has 1 amide bonds. The molecule has 1 atom stereocenters. The molecule has 1 aliphatic rings. The lowest BCUT2D eigenvalue weighted by molar-refractivity contribution is 0.0786. The molecule has 1 aliphatic heterocycles. The van der Waals surface area contributed by atoms with E-state index in [0.717, 1.165) is 35.0 Å². The maximum Gasteiger partial charge on any atom is 0.273 e. The number of rotatable bonds is 6. The second-order valence-corrected chi connectivity index (χ2v) is 8.33. The fraction of sp³-hybridized carbons (Fsp3) is 0.304. The minimum atomic E-state index is 0.00428. The Hall–Kier alpha value is -2.86. The standard InChI is InChI=1S/C23H25N3O2S/c1-16(2)28-20-10-8-17(9-11-20)22-25-21(15-29-22)23(27)26-13-12-19(14-26)24-18-6-4-3-5-7-18/h3-11,15-16,19,24H,12-14H2,1-2H3. The summed E-state index contributed by atoms with van der Waals surface area (Å²) in [4.78, 5) is 19.4. The van der Waals surface area contributed by atoms with Crippen LogP contribution < -0.4 is 10.1 Å². The van der Waals surface area contributed by atoms with E-state index in [1.807, 2.05) is 66.6 Å². The van der Waals surface area contributed by atoms with Gasteiger partial charge in [-0.15, -0.1) is 11.3 Å². The van der Waals surface area contributed by atoms with Crippen LogP contribution in [0.4, 0.5) is 5.69 Å². The van der Waals surface area contributed by atoms with E-state index in [1.54, 1.807) is 0 Å². The van der Waals surface area contributed by atoms with Crippen molar-refractivity contribution in [3.05, 3.63) is 65.7 Å². The summed E-state index contributed by atoms with van der Waals surface area (Å²) in [6, 6.07) is 18.3. The highest BCUT2D eigenvalue weighted by molar-refractivity contribution is 7.13. The third-order valence-electron chi connectivity index (χ3n) is 4.82. The van der Waals surface area contributed by atoms with Crippen molar-refractivity contribution in [2.24, 2.45) is 0 Å². The van der Waals surface area contributed by atoms with Gasteiger partial charge < -0.3 is 15.0 Å². The summed E-state index contributed by atoms with van der Waals surface area (Å²) in [7, 11) is 0. The average molecular weight is 408 g/mol. The monoisotopic (exact) mass is 407 g/mol. The summed E-state index contributed by atoms with van der Waals surface area (Å²) < 4.78 is 5.68. The van der Waals surface area contributed by atoms with Crippen molar-refractivity contribution in [2.45, 2.75) is 32.4 Å². The first-order valence-corrected chi connectivity index (χ1v) is 10.8. The molecule has 6 heteroatoms. The van der Waals surface area contributed by atoms with Crippen LogP contribution in [0, 0.1) is 0 Å². The number of ether oxygens (including phenoxy) is 1. The first-order chi connectivity index (χ1) is 14.1. The number of nitrogens with zero attached hydrogens (tertiary/aromatic N) is 2. The number of hydrogen-bond donors (Lipinski definition) is 1. The third kappa shape index (κ3) is 4.77. The number of amides is 1. The van der Waals surface area contributed by atoms with Gasteiger partial charge in [-0.3, -0.25) is 4.79 Å². The largest absolute Gasteiger partial charge is 0.491 e. The van der Waals surface area contributed by atoms with Crippen molar-refractivity contribution in [1.29, 1.82) is 0 Å². The van der Waals surface area contributed by atoms with Crippen LogP contribution in [0.2, 0.25) is 0 Å². The average Bonchev–Trinajstić information content (AvgIpc) is 3.38. The number of aromatic nitrogens is 1. The van der Waals surface area contributed by atoms with E-state index in [9.17, 15) is 4.79 Å². The Morgan fingerprint density at radius 2 is 1.93 bits per heavy atom. The SMILES string of the molecule is CC(C)Oc1ccc(-c2nc(C(=O)N3CCC(Nc4ccccc4)C3)cs2)cc1. The van der Waals surface area contributed by atoms with E-state index in [2.05, 4.69) is 22.4 Å². The fourth-order valence-electron chi connectivity index (χ4n) is 3.45. The van der Waals surface area contributed by atoms with Crippen LogP contribution in [0.5, 0.6) is 5.75 Å². The predicted molar refractivity (Wildman–Crippen MR) is 118 cm³/mol. The molecule has 150 valence electrons. The summed E-state index contributed by atoms with van der Waals surface area (Å²) in [5, 5.41) is 6.21. The highest BCUT2D eigenvalue weighted by Crippen LogP contribution is 2.27. The number of hydrogen-bond acceptors (Lipinski definition) is 5. The predicted octanol–water partition coefficient (Wildman–Crippen LogP) is 4.92. The van der Waals surface area contributed by atoms with E-state index in [1.165, 1.54) is 11.3 Å². The number of benzene rings is 2. The molecule has 2 aromatic carbocycles. The molecule has 5 nitrogen and oxygen atoms in total. The molecule has 0 radical (unpaired) electrons. The van der Waals surface area contributed by atoms with Gasteiger partial charge in [-0.05, 0) is 56.7 Å². The van der Waals surface area contributed by atoms with Crippen LogP contribution in [0.3, 0.4) is 0 Å². The lowest BCUT2D eigenvalue weighted by Gasteiger charge is -2.16. The lowest BCUT2D eigenvalue weighted by Crippen LogP contribution is -2.31. The summed E-state index contributed by atoms with van der Waals surface area (Å²) in [6.07, 6.45) is 1.08. The van der Waals surface area contributed by atoms with Gasteiger partial charge in [0.05, 0.1) is 6.10 Å². The van der Waals surface area contributed by atoms with Crippen molar-refractivity contribution >= 4 is 22.9 Å². The highest BCUT2D eigenvalue weighted by atomic mass is 32.1. The van der Waals surface area contributed by atoms with Crippen molar-refractivity contribution < 1.29 is 9.53 Å². The Morgan fingerprint density at radius 1 is 1.17 bits per heavy atom. The van der Waals surface area contributed by atoms with E-state index in [4.69, 9.17) is 4.74 Å². The van der Waals surface area contributed by atoms with Gasteiger partial charge >= 0.3 is 0 Å². The molecule has 1 aromatic heterocycles. The molecule has 1 N–H and O–H groups in total. The topological polar surface area (TPSA) is 54.5 Å². The molecule has 0 spiro atoms. The second kappa shape index (κ2) is 8.66. The molecule has 0 bridgehead atoms. The summed E-state index contributed by atoms with van der Waals surface area (Å²) in [5.41, 5.74) is 2.61. The van der Waals surface area contributed by atoms with Gasteiger partial charge in [0.25, 0.3) is 5.91 Å². The smallest absolute Gasteiger partial charge is 0.273 e. The van der Waals surface area contributed by atoms with Crippen LogP contribution in [0.1, 0.15) is 30.8 Å². The van der Waals surface area contributed by atoms with Gasteiger partial charge in [0.1, 0.15) is 16.5 Å². The van der Waals surface area contributed by atoms with Crippen molar-refractivity contribution in [3.8, 4) is 16.3 Å². The highest BCUT2D eigenvalue weighted by Gasteiger charge is 2.28. The quantitative estimate of drug-likeness (QED) is 0.630. The van der Waals surface area contributed by atoms with Gasteiger partial charge in [-0.25, -0.2) is 4.98 Å². The van der Waals surface area contributed by atoms with Gasteiger partial charge in [0.15, 0.2) is 0 Å². The minimum Gasteiger partial charge on any atom is -0.491 e. The zero-order valence-electron chi connectivity index (χ0n) is 16.7. The second-order valence-electron chi connectivity index (χ2n) is 7.48. The zero-order chi connectivity index (χ0) is 20.2. The number of anilines is 1. The van der Waals surface area contributed by atoms with Crippen LogP contribution in [0.15, 0.2) is 60.0 Å². The molecule has 29 heavy (non-hydrogen) atoms. The first kappa shape index (κ1) is 19.5. The number of thiazole rings is 1. The molecule has 0 saturated carbocycles. The third-order valence-corrected chi connectivity index (χ3v) is 5.71. The summed E-state index contributed by atoms with van der Waals surface area (Å²) in [6.45, 7) is 5.45. The Balaban J connectivity index is 1.38. The van der Waals surface area contributed by atoms with Crippen LogP contribution in [0.25, 0.3) is 10.6 Å². The van der Waals surface area contributed by atoms with E-state index in [-0.39, 0.29) is 18.1 Å². The van der Waals surface area contributed by atoms with Gasteiger partial charge in [0, 0.05) is 35.8 Å². The first-order valence-electron chi connectivity index (χ1n) is 9.92. The van der Waals surface area contributed by atoms with E-state index >= 15 is 0 Å². The van der Waals surface area contributed by atoms with E-state index in [0.29, 0.717) is 12.2 Å². The molecule has 1 saturated heterocycles. The van der Waals surface area contributed by atoms with Crippen molar-refractivity contribution in [1.82, 2.24) is 9.88 Å². The molecule has 4 rings (SSSR count). The van der Waals surface area contributed by atoms with E-state index < -0.39 is 0 Å². The number of carbonyl (C=O) groups is 1. The molecular weight excluding hydrogens is 382 g/mol. The Morgan fingerprint density at radius 3 is 2.66 bits per heavy atom. The van der Waals surface area contributed by atoms with Gasteiger partial charge in [0.2, 0.25) is 0 Å². The Bertz CT molecular complexity index is 954. The normalized spacial score (nSPS) is 16.2. The lowest BCUT2D eigenvalue weighted by atomic mass is 10.2. The Kier molecular flexibility index (Phi) is 5.81. The van der Waals surface area contributed by atoms with Crippen molar-refractivity contribution in [2.75, 3.05) is 18.4 Å². The minimum absolute atomic E-state index is 0.00428. The summed E-state index contributed by atoms with van der Waals surface area (Å²) >= 11 is 1.50. The number of nitrogens with one attached hydrogen (secondary N) is 1. The molecule has 1 unspecified atom stereocenters. The number of para-hydroxylation sites is 1. The Labute approximate surface area is 175 Å². The van der Waals surface area contributed by atoms with Crippen LogP contribution in [-0.2, 0) is 0 Å². The van der Waals surface area contributed by atoms with Crippen molar-refractivity contribution in [3.63, 3.8) is 0 Å². The summed E-state index contributed by atoms with van der Waals surface area (Å²) in [5.74, 6) is 0.843. The molecule has 3 aromatic rings. The maximum absolute atomic E-state index is 12.9. The van der Waals surface area contributed by atoms with Crippen LogP contribution >= 0.6 is 11.3 Å². The fourth-order valence-corrected chi connectivity index (χ4v) is 4.25. The zero-order valence-corrected chi connectivity index (χ0v) is 17.5. The van der Waals surface area contributed by atoms with Gasteiger partial charge in [-0.2, -0.15) is 0 Å². The molecular formula is C23H25N3O2S. The molecule has 0 aliphatic carbocycles. The van der Waals surface area contributed by atoms with Gasteiger partial charge in [-0.1, -0.05) is 18.2 Å². The molecule has 2 heterocycles. The van der Waals surface area contributed by atoms with Crippen LogP contribution in [-0.4, -0.2) is 41.0 Å².